The first-order valence-electron chi connectivity index (χ1n) is 7.45. The second kappa shape index (κ2) is 8.72. The van der Waals surface area contributed by atoms with Gasteiger partial charge in [-0.05, 0) is 35.9 Å². The average Bonchev–Trinajstić information content (AvgIpc) is 3.00. The fourth-order valence-corrected chi connectivity index (χ4v) is 4.33. The van der Waals surface area contributed by atoms with Crippen LogP contribution < -0.4 is 5.32 Å². The molecule has 0 saturated carbocycles. The number of rotatable bonds is 6. The Morgan fingerprint density at radius 2 is 1.88 bits per heavy atom. The summed E-state index contributed by atoms with van der Waals surface area (Å²) in [7, 11) is 0. The van der Waals surface area contributed by atoms with Crippen LogP contribution in [-0.4, -0.2) is 10.9 Å². The first-order chi connectivity index (χ1) is 12.1. The van der Waals surface area contributed by atoms with E-state index in [0.717, 1.165) is 26.4 Å². The van der Waals surface area contributed by atoms with Crippen LogP contribution in [0, 0.1) is 0 Å². The first-order valence-corrected chi connectivity index (χ1v) is 10.1. The fraction of sp³-hybridized carbons (Fsp3) is 0.111. The molecule has 0 aliphatic rings. The summed E-state index contributed by atoms with van der Waals surface area (Å²) < 4.78 is 0.936. The van der Waals surface area contributed by atoms with Crippen molar-refractivity contribution < 1.29 is 4.79 Å². The second-order valence-corrected chi connectivity index (χ2v) is 8.21. The Bertz CT molecular complexity index is 883. The minimum absolute atomic E-state index is 0.112. The van der Waals surface area contributed by atoms with Crippen molar-refractivity contribution >= 4 is 57.9 Å². The molecule has 0 atom stereocenters. The summed E-state index contributed by atoms with van der Waals surface area (Å²) in [5.41, 5.74) is 2.59. The van der Waals surface area contributed by atoms with E-state index in [4.69, 9.17) is 23.2 Å². The summed E-state index contributed by atoms with van der Waals surface area (Å²) in [4.78, 5) is 16.6. The number of benzene rings is 2. The molecule has 0 unspecified atom stereocenters. The lowest BCUT2D eigenvalue weighted by Gasteiger charge is -2.04. The highest BCUT2D eigenvalue weighted by Gasteiger charge is 2.09. The van der Waals surface area contributed by atoms with Gasteiger partial charge in [0.15, 0.2) is 0 Å². The van der Waals surface area contributed by atoms with Crippen LogP contribution in [-0.2, 0) is 17.0 Å². The van der Waals surface area contributed by atoms with Crippen LogP contribution in [0.3, 0.4) is 0 Å². The van der Waals surface area contributed by atoms with Crippen molar-refractivity contribution in [2.75, 3.05) is 5.32 Å². The molecule has 7 heteroatoms. The van der Waals surface area contributed by atoms with E-state index in [2.05, 4.69) is 10.3 Å². The third-order valence-corrected chi connectivity index (χ3v) is 5.84. The molecule has 2 aromatic carbocycles. The van der Waals surface area contributed by atoms with E-state index in [1.807, 2.05) is 29.6 Å². The topological polar surface area (TPSA) is 42.0 Å². The van der Waals surface area contributed by atoms with Gasteiger partial charge >= 0.3 is 0 Å². The Hall–Kier alpha value is -1.53. The minimum atomic E-state index is -0.112. The van der Waals surface area contributed by atoms with Gasteiger partial charge in [-0.3, -0.25) is 4.79 Å². The van der Waals surface area contributed by atoms with Gasteiger partial charge in [-0.2, -0.15) is 0 Å². The lowest BCUT2D eigenvalue weighted by Crippen LogP contribution is -2.14. The van der Waals surface area contributed by atoms with E-state index in [1.165, 1.54) is 0 Å². The number of hydrogen-bond acceptors (Lipinski definition) is 4. The Balaban J connectivity index is 1.53. The zero-order valence-electron chi connectivity index (χ0n) is 13.0. The summed E-state index contributed by atoms with van der Waals surface area (Å²) in [6, 6.07) is 14.9. The molecule has 0 spiro atoms. The van der Waals surface area contributed by atoms with E-state index in [0.29, 0.717) is 10.7 Å². The molecular formula is C18H14Cl2N2OS2. The largest absolute Gasteiger partial charge is 0.326 e. The summed E-state index contributed by atoms with van der Waals surface area (Å²) in [5, 5.41) is 6.06. The number of thioether (sulfide) groups is 1. The normalized spacial score (nSPS) is 10.6. The molecule has 1 heterocycles. The van der Waals surface area contributed by atoms with Crippen LogP contribution in [0.2, 0.25) is 10.0 Å². The van der Waals surface area contributed by atoms with Crippen LogP contribution in [0.15, 0.2) is 58.3 Å². The predicted molar refractivity (Wildman–Crippen MR) is 107 cm³/mol. The van der Waals surface area contributed by atoms with E-state index >= 15 is 0 Å². The van der Waals surface area contributed by atoms with E-state index < -0.39 is 0 Å². The van der Waals surface area contributed by atoms with Crippen molar-refractivity contribution in [2.45, 2.75) is 16.5 Å². The Morgan fingerprint density at radius 1 is 1.12 bits per heavy atom. The standard InChI is InChI=1S/C18H14Cl2N2OS2/c19-13-4-1-3-12(7-13)10-24-18-22-16(11-25-18)9-17(23)21-15-6-2-5-14(20)8-15/h1-8,11H,9-10H2,(H,21,23). The van der Waals surface area contributed by atoms with Crippen molar-refractivity contribution in [3.63, 3.8) is 0 Å². The number of thiazole rings is 1. The number of carbonyl (C=O) groups is 1. The van der Waals surface area contributed by atoms with Crippen molar-refractivity contribution in [1.29, 1.82) is 0 Å². The predicted octanol–water partition coefficient (Wildman–Crippen LogP) is 5.92. The van der Waals surface area contributed by atoms with Crippen LogP contribution >= 0.6 is 46.3 Å². The summed E-state index contributed by atoms with van der Waals surface area (Å²) in [6.07, 6.45) is 0.237. The molecule has 0 saturated heterocycles. The number of aromatic nitrogens is 1. The first kappa shape index (κ1) is 18.3. The number of amides is 1. The zero-order valence-corrected chi connectivity index (χ0v) is 16.2. The molecule has 1 aromatic heterocycles. The molecule has 3 aromatic rings. The number of nitrogens with zero attached hydrogens (tertiary/aromatic N) is 1. The van der Waals surface area contributed by atoms with Gasteiger partial charge in [0.2, 0.25) is 5.91 Å². The monoisotopic (exact) mass is 408 g/mol. The average molecular weight is 409 g/mol. The number of hydrogen-bond donors (Lipinski definition) is 1. The van der Waals surface area contributed by atoms with Gasteiger partial charge in [0.25, 0.3) is 0 Å². The van der Waals surface area contributed by atoms with Crippen molar-refractivity contribution in [1.82, 2.24) is 4.98 Å². The van der Waals surface area contributed by atoms with Gasteiger partial charge in [-0.15, -0.1) is 11.3 Å². The summed E-state index contributed by atoms with van der Waals surface area (Å²) in [6.45, 7) is 0. The Labute approximate surface area is 164 Å². The maximum atomic E-state index is 12.1. The fourth-order valence-electron chi connectivity index (χ4n) is 2.14. The molecule has 1 N–H and O–H groups in total. The molecule has 0 aliphatic heterocycles. The summed E-state index contributed by atoms with van der Waals surface area (Å²) >= 11 is 15.1. The van der Waals surface area contributed by atoms with Gasteiger partial charge in [0.1, 0.15) is 4.34 Å². The van der Waals surface area contributed by atoms with Crippen LogP contribution in [0.25, 0.3) is 0 Å². The lowest BCUT2D eigenvalue weighted by atomic mass is 10.2. The number of carbonyl (C=O) groups excluding carboxylic acids is 1. The molecular weight excluding hydrogens is 395 g/mol. The third-order valence-electron chi connectivity index (χ3n) is 3.23. The SMILES string of the molecule is O=C(Cc1csc(SCc2cccc(Cl)c2)n1)Nc1cccc(Cl)c1. The lowest BCUT2D eigenvalue weighted by molar-refractivity contribution is -0.115. The molecule has 3 nitrogen and oxygen atoms in total. The molecule has 0 aliphatic carbocycles. The Morgan fingerprint density at radius 3 is 2.64 bits per heavy atom. The van der Waals surface area contributed by atoms with Gasteiger partial charge in [0.05, 0.1) is 12.1 Å². The zero-order chi connectivity index (χ0) is 17.6. The van der Waals surface area contributed by atoms with Crippen molar-refractivity contribution in [3.05, 3.63) is 75.2 Å². The molecule has 3 rings (SSSR count). The highest BCUT2D eigenvalue weighted by Crippen LogP contribution is 2.27. The van der Waals surface area contributed by atoms with Gasteiger partial charge < -0.3 is 5.32 Å². The highest BCUT2D eigenvalue weighted by atomic mass is 35.5. The van der Waals surface area contributed by atoms with Gasteiger partial charge in [-0.1, -0.05) is 53.2 Å². The van der Waals surface area contributed by atoms with Gasteiger partial charge in [0, 0.05) is 26.9 Å². The molecule has 0 bridgehead atoms. The molecule has 128 valence electrons. The highest BCUT2D eigenvalue weighted by molar-refractivity contribution is 8.00. The van der Waals surface area contributed by atoms with Crippen molar-refractivity contribution in [2.24, 2.45) is 0 Å². The maximum Gasteiger partial charge on any atom is 0.230 e. The number of nitrogens with one attached hydrogen (secondary N) is 1. The van der Waals surface area contributed by atoms with E-state index in [9.17, 15) is 4.79 Å². The van der Waals surface area contributed by atoms with Gasteiger partial charge in [-0.25, -0.2) is 4.98 Å². The van der Waals surface area contributed by atoms with Crippen LogP contribution in [0.4, 0.5) is 5.69 Å². The molecule has 25 heavy (non-hydrogen) atoms. The third kappa shape index (κ3) is 5.75. The Kier molecular flexibility index (Phi) is 6.37. The maximum absolute atomic E-state index is 12.1. The second-order valence-electron chi connectivity index (χ2n) is 5.26. The molecule has 0 radical (unpaired) electrons. The molecule has 0 fully saturated rings. The quantitative estimate of drug-likeness (QED) is 0.514. The van der Waals surface area contributed by atoms with Crippen LogP contribution in [0.1, 0.15) is 11.3 Å². The van der Waals surface area contributed by atoms with Crippen molar-refractivity contribution in [3.8, 4) is 0 Å². The minimum Gasteiger partial charge on any atom is -0.326 e. The number of anilines is 1. The smallest absolute Gasteiger partial charge is 0.230 e. The van der Waals surface area contributed by atoms with Crippen LogP contribution in [0.5, 0.6) is 0 Å². The van der Waals surface area contributed by atoms with E-state index in [1.54, 1.807) is 47.4 Å². The molecule has 1 amide bonds. The summed E-state index contributed by atoms with van der Waals surface area (Å²) in [5.74, 6) is 0.682. The van der Waals surface area contributed by atoms with E-state index in [-0.39, 0.29) is 12.3 Å². The number of halogens is 2.